The van der Waals surface area contributed by atoms with Gasteiger partial charge in [0.2, 0.25) is 0 Å². The highest BCUT2D eigenvalue weighted by Crippen LogP contribution is 2.28. The van der Waals surface area contributed by atoms with Gasteiger partial charge in [-0.15, -0.1) is 13.2 Å². The van der Waals surface area contributed by atoms with Crippen LogP contribution in [0, 0.1) is 11.3 Å². The van der Waals surface area contributed by atoms with Crippen LogP contribution < -0.4 is 0 Å². The zero-order valence-electron chi connectivity index (χ0n) is 9.94. The minimum absolute atomic E-state index is 0.393. The van der Waals surface area contributed by atoms with Gasteiger partial charge >= 0.3 is 0 Å². The number of hydrogen-bond acceptors (Lipinski definition) is 2. The molecule has 0 aliphatic carbocycles. The average molecular weight is 281 g/mol. The lowest BCUT2D eigenvalue weighted by Gasteiger charge is -2.24. The van der Waals surface area contributed by atoms with E-state index < -0.39 is 6.04 Å². The van der Waals surface area contributed by atoms with Gasteiger partial charge in [0.1, 0.15) is 6.04 Å². The van der Waals surface area contributed by atoms with Gasteiger partial charge in [-0.25, -0.2) is 0 Å². The van der Waals surface area contributed by atoms with Crippen molar-refractivity contribution in [1.82, 2.24) is 4.90 Å². The molecule has 1 atom stereocenters. The van der Waals surface area contributed by atoms with Crippen molar-refractivity contribution in [2.24, 2.45) is 0 Å². The molecule has 0 heterocycles. The van der Waals surface area contributed by atoms with Gasteiger partial charge in [0, 0.05) is 13.1 Å². The molecular weight excluding hydrogens is 267 g/mol. The van der Waals surface area contributed by atoms with Crippen LogP contribution in [0.1, 0.15) is 11.6 Å². The zero-order valence-corrected chi connectivity index (χ0v) is 11.5. The lowest BCUT2D eigenvalue weighted by molar-refractivity contribution is 0.291. The van der Waals surface area contributed by atoms with Crippen LogP contribution in [-0.2, 0) is 0 Å². The Morgan fingerprint density at radius 3 is 2.28 bits per heavy atom. The van der Waals surface area contributed by atoms with Crippen molar-refractivity contribution in [3.05, 3.63) is 59.1 Å². The van der Waals surface area contributed by atoms with Crippen molar-refractivity contribution in [3.8, 4) is 6.07 Å². The molecule has 18 heavy (non-hydrogen) atoms. The van der Waals surface area contributed by atoms with Gasteiger partial charge in [-0.2, -0.15) is 5.26 Å². The summed E-state index contributed by atoms with van der Waals surface area (Å²) in [4.78, 5) is 1.94. The molecule has 0 amide bonds. The average Bonchev–Trinajstić information content (AvgIpc) is 2.35. The van der Waals surface area contributed by atoms with Crippen LogP contribution in [0.3, 0.4) is 0 Å². The highest BCUT2D eigenvalue weighted by Gasteiger charge is 2.18. The molecule has 0 aliphatic rings. The second-order valence-corrected chi connectivity index (χ2v) is 4.55. The van der Waals surface area contributed by atoms with Crippen LogP contribution in [0.15, 0.2) is 43.5 Å². The minimum atomic E-state index is -0.393. The molecule has 0 aliphatic heterocycles. The maximum Gasteiger partial charge on any atom is 0.124 e. The van der Waals surface area contributed by atoms with E-state index in [2.05, 4.69) is 19.2 Å². The quantitative estimate of drug-likeness (QED) is 0.729. The highest BCUT2D eigenvalue weighted by atomic mass is 35.5. The second kappa shape index (κ2) is 7.23. The smallest absolute Gasteiger partial charge is 0.124 e. The van der Waals surface area contributed by atoms with E-state index in [-0.39, 0.29) is 0 Å². The Balaban J connectivity index is 3.06. The molecule has 1 rings (SSSR count). The molecule has 1 aromatic carbocycles. The highest BCUT2D eigenvalue weighted by molar-refractivity contribution is 6.42. The molecule has 1 aromatic rings. The predicted octanol–water partition coefficient (Wildman–Crippen LogP) is 4.23. The monoisotopic (exact) mass is 280 g/mol. The Morgan fingerprint density at radius 2 is 1.83 bits per heavy atom. The topological polar surface area (TPSA) is 27.0 Å². The fraction of sp³-hybridized carbons (Fsp3) is 0.214. The molecule has 0 N–H and O–H groups in total. The Labute approximate surface area is 118 Å². The summed E-state index contributed by atoms with van der Waals surface area (Å²) < 4.78 is 0. The van der Waals surface area contributed by atoms with E-state index in [0.717, 1.165) is 5.56 Å². The van der Waals surface area contributed by atoms with E-state index in [0.29, 0.717) is 23.1 Å². The second-order valence-electron chi connectivity index (χ2n) is 3.74. The first-order valence-electron chi connectivity index (χ1n) is 5.44. The first kappa shape index (κ1) is 14.8. The molecule has 0 radical (unpaired) electrons. The standard InChI is InChI=1S/C14H14Cl2N2/c1-3-7-18(8-4-2)14(10-17)11-5-6-12(15)13(16)9-11/h3-6,9,14H,1-2,7-8H2. The third-order valence-electron chi connectivity index (χ3n) is 2.47. The van der Waals surface area contributed by atoms with Crippen molar-refractivity contribution in [1.29, 1.82) is 5.26 Å². The summed E-state index contributed by atoms with van der Waals surface area (Å²) in [5.41, 5.74) is 0.815. The lowest BCUT2D eigenvalue weighted by atomic mass is 10.1. The normalized spacial score (nSPS) is 11.9. The number of halogens is 2. The van der Waals surface area contributed by atoms with Gasteiger partial charge in [0.25, 0.3) is 0 Å². The lowest BCUT2D eigenvalue weighted by Crippen LogP contribution is -2.28. The molecule has 0 spiro atoms. The predicted molar refractivity (Wildman–Crippen MR) is 76.8 cm³/mol. The summed E-state index contributed by atoms with van der Waals surface area (Å²) in [5.74, 6) is 0. The van der Waals surface area contributed by atoms with Crippen molar-refractivity contribution in [3.63, 3.8) is 0 Å². The molecule has 0 saturated carbocycles. The van der Waals surface area contributed by atoms with E-state index in [1.54, 1.807) is 30.4 Å². The fourth-order valence-corrected chi connectivity index (χ4v) is 1.97. The molecule has 0 bridgehead atoms. The van der Waals surface area contributed by atoms with Gasteiger partial charge in [-0.05, 0) is 17.7 Å². The van der Waals surface area contributed by atoms with E-state index in [4.69, 9.17) is 23.2 Å². The van der Waals surface area contributed by atoms with Gasteiger partial charge in [-0.3, -0.25) is 4.90 Å². The summed E-state index contributed by atoms with van der Waals surface area (Å²) in [6.07, 6.45) is 3.51. The van der Waals surface area contributed by atoms with Crippen molar-refractivity contribution in [2.75, 3.05) is 13.1 Å². The molecule has 0 aromatic heterocycles. The first-order valence-corrected chi connectivity index (χ1v) is 6.20. The Hall–Kier alpha value is -1.27. The Kier molecular flexibility index (Phi) is 5.94. The maximum absolute atomic E-state index is 9.33. The number of nitriles is 1. The minimum Gasteiger partial charge on any atom is -0.277 e. The fourth-order valence-electron chi connectivity index (χ4n) is 1.67. The third-order valence-corrected chi connectivity index (χ3v) is 3.21. The molecule has 0 fully saturated rings. The summed E-state index contributed by atoms with van der Waals surface area (Å²) in [6, 6.07) is 7.09. The molecule has 1 unspecified atom stereocenters. The van der Waals surface area contributed by atoms with E-state index >= 15 is 0 Å². The van der Waals surface area contributed by atoms with Gasteiger partial charge in [0.05, 0.1) is 16.1 Å². The third kappa shape index (κ3) is 3.61. The van der Waals surface area contributed by atoms with Crippen LogP contribution in [-0.4, -0.2) is 18.0 Å². The summed E-state index contributed by atoms with van der Waals surface area (Å²) in [6.45, 7) is 8.59. The van der Waals surface area contributed by atoms with E-state index in [9.17, 15) is 5.26 Å². The maximum atomic E-state index is 9.33. The van der Waals surface area contributed by atoms with E-state index in [1.807, 2.05) is 4.90 Å². The molecule has 4 heteroatoms. The van der Waals surface area contributed by atoms with Gasteiger partial charge in [0.15, 0.2) is 0 Å². The summed E-state index contributed by atoms with van der Waals surface area (Å²) >= 11 is 11.8. The summed E-state index contributed by atoms with van der Waals surface area (Å²) in [5, 5.41) is 10.3. The van der Waals surface area contributed by atoms with Crippen molar-refractivity contribution < 1.29 is 0 Å². The molecular formula is C14H14Cl2N2. The van der Waals surface area contributed by atoms with Gasteiger partial charge in [-0.1, -0.05) is 41.4 Å². The Bertz CT molecular complexity index is 467. The zero-order chi connectivity index (χ0) is 13.5. The molecule has 2 nitrogen and oxygen atoms in total. The van der Waals surface area contributed by atoms with Crippen LogP contribution in [0.2, 0.25) is 10.0 Å². The molecule has 0 saturated heterocycles. The van der Waals surface area contributed by atoms with Crippen LogP contribution >= 0.6 is 23.2 Å². The summed E-state index contributed by atoms with van der Waals surface area (Å²) in [7, 11) is 0. The first-order chi connectivity index (χ1) is 8.63. The molecule has 94 valence electrons. The van der Waals surface area contributed by atoms with Crippen molar-refractivity contribution >= 4 is 23.2 Å². The van der Waals surface area contributed by atoms with Gasteiger partial charge < -0.3 is 0 Å². The number of benzene rings is 1. The number of nitrogens with zero attached hydrogens (tertiary/aromatic N) is 2. The largest absolute Gasteiger partial charge is 0.277 e. The number of hydrogen-bond donors (Lipinski definition) is 0. The van der Waals surface area contributed by atoms with Crippen LogP contribution in [0.4, 0.5) is 0 Å². The Morgan fingerprint density at radius 1 is 1.22 bits per heavy atom. The van der Waals surface area contributed by atoms with Crippen LogP contribution in [0.25, 0.3) is 0 Å². The van der Waals surface area contributed by atoms with Crippen molar-refractivity contribution in [2.45, 2.75) is 6.04 Å². The van der Waals surface area contributed by atoms with E-state index in [1.165, 1.54) is 0 Å². The SMILES string of the molecule is C=CCN(CC=C)C(C#N)c1ccc(Cl)c(Cl)c1. The van der Waals surface area contributed by atoms with Crippen LogP contribution in [0.5, 0.6) is 0 Å². The number of rotatable bonds is 6.